The van der Waals surface area contributed by atoms with Crippen LogP contribution in [-0.2, 0) is 0 Å². The van der Waals surface area contributed by atoms with E-state index in [1.807, 2.05) is 32.9 Å². The number of pyridine rings is 1. The predicted molar refractivity (Wildman–Crippen MR) is 70.2 cm³/mol. The highest BCUT2D eigenvalue weighted by atomic mass is 35.5. The second kappa shape index (κ2) is 5.31. The second-order valence-electron chi connectivity index (χ2n) is 4.23. The fourth-order valence-electron chi connectivity index (χ4n) is 1.61. The molecular formula is C13H14ClN3O. The average molecular weight is 264 g/mol. The zero-order valence-corrected chi connectivity index (χ0v) is 11.3. The third kappa shape index (κ3) is 2.59. The Hall–Kier alpha value is -1.68. The van der Waals surface area contributed by atoms with Gasteiger partial charge in [0, 0.05) is 6.20 Å². The summed E-state index contributed by atoms with van der Waals surface area (Å²) in [5.41, 5.74) is 1.62. The molecule has 5 heteroatoms. The van der Waals surface area contributed by atoms with Gasteiger partial charge in [0.05, 0.1) is 11.3 Å². The first-order chi connectivity index (χ1) is 8.59. The fourth-order valence-corrected chi connectivity index (χ4v) is 1.95. The van der Waals surface area contributed by atoms with Crippen LogP contribution in [0.25, 0.3) is 0 Å². The summed E-state index contributed by atoms with van der Waals surface area (Å²) in [6, 6.07) is 3.67. The first-order valence-electron chi connectivity index (χ1n) is 5.69. The lowest BCUT2D eigenvalue weighted by atomic mass is 10.1. The second-order valence-corrected chi connectivity index (χ2v) is 4.59. The van der Waals surface area contributed by atoms with Crippen LogP contribution in [0.1, 0.15) is 31.0 Å². The molecule has 0 radical (unpaired) electrons. The smallest absolute Gasteiger partial charge is 0.227 e. The van der Waals surface area contributed by atoms with Crippen molar-refractivity contribution in [1.29, 1.82) is 0 Å². The van der Waals surface area contributed by atoms with Gasteiger partial charge in [-0.25, -0.2) is 9.97 Å². The number of hydrogen-bond donors (Lipinski definition) is 0. The Morgan fingerprint density at radius 2 is 2.00 bits per heavy atom. The molecule has 0 saturated carbocycles. The third-order valence-corrected chi connectivity index (χ3v) is 2.84. The van der Waals surface area contributed by atoms with Crippen molar-refractivity contribution in [2.75, 3.05) is 0 Å². The third-order valence-electron chi connectivity index (χ3n) is 2.54. The standard InChI is InChI=1S/C13H14ClN3O/c1-8(2)11-12(14)16-7-17-13(11)18-10-5-4-6-15-9(10)3/h4-8H,1-3H3. The van der Waals surface area contributed by atoms with Gasteiger partial charge in [0.25, 0.3) is 0 Å². The molecular weight excluding hydrogens is 250 g/mol. The van der Waals surface area contributed by atoms with Crippen LogP contribution >= 0.6 is 11.6 Å². The SMILES string of the molecule is Cc1ncccc1Oc1ncnc(Cl)c1C(C)C. The van der Waals surface area contributed by atoms with Crippen molar-refractivity contribution >= 4 is 11.6 Å². The van der Waals surface area contributed by atoms with E-state index in [4.69, 9.17) is 16.3 Å². The summed E-state index contributed by atoms with van der Waals surface area (Å²) in [5, 5.41) is 0.427. The molecule has 94 valence electrons. The molecule has 0 atom stereocenters. The highest BCUT2D eigenvalue weighted by Gasteiger charge is 2.16. The molecule has 18 heavy (non-hydrogen) atoms. The molecule has 0 aliphatic heterocycles. The van der Waals surface area contributed by atoms with Gasteiger partial charge in [-0.15, -0.1) is 0 Å². The first-order valence-corrected chi connectivity index (χ1v) is 6.07. The molecule has 4 nitrogen and oxygen atoms in total. The maximum atomic E-state index is 6.08. The fraction of sp³-hybridized carbons (Fsp3) is 0.308. The monoisotopic (exact) mass is 263 g/mol. The molecule has 0 fully saturated rings. The molecule has 0 aliphatic carbocycles. The van der Waals surface area contributed by atoms with E-state index in [-0.39, 0.29) is 5.92 Å². The number of aryl methyl sites for hydroxylation is 1. The van der Waals surface area contributed by atoms with Crippen LogP contribution in [-0.4, -0.2) is 15.0 Å². The summed E-state index contributed by atoms with van der Waals surface area (Å²) in [5.74, 6) is 1.35. The normalized spacial score (nSPS) is 10.7. The molecule has 2 aromatic heterocycles. The molecule has 0 aliphatic rings. The van der Waals surface area contributed by atoms with E-state index in [1.54, 1.807) is 6.20 Å². The maximum absolute atomic E-state index is 6.08. The molecule has 2 aromatic rings. The molecule has 2 heterocycles. The van der Waals surface area contributed by atoms with Crippen molar-refractivity contribution in [1.82, 2.24) is 15.0 Å². The van der Waals surface area contributed by atoms with E-state index < -0.39 is 0 Å². The number of aromatic nitrogens is 3. The van der Waals surface area contributed by atoms with Gasteiger partial charge in [-0.3, -0.25) is 4.98 Å². The zero-order valence-electron chi connectivity index (χ0n) is 10.5. The van der Waals surface area contributed by atoms with E-state index in [9.17, 15) is 0 Å². The van der Waals surface area contributed by atoms with E-state index >= 15 is 0 Å². The Morgan fingerprint density at radius 1 is 1.22 bits per heavy atom. The molecule has 0 bridgehead atoms. The van der Waals surface area contributed by atoms with Gasteiger partial charge in [-0.2, -0.15) is 0 Å². The highest BCUT2D eigenvalue weighted by molar-refractivity contribution is 6.30. The van der Waals surface area contributed by atoms with E-state index in [1.165, 1.54) is 6.33 Å². The lowest BCUT2D eigenvalue weighted by Crippen LogP contribution is -2.00. The van der Waals surface area contributed by atoms with Crippen LogP contribution in [0.15, 0.2) is 24.7 Å². The number of ether oxygens (including phenoxy) is 1. The van der Waals surface area contributed by atoms with Gasteiger partial charge >= 0.3 is 0 Å². The molecule has 2 rings (SSSR count). The van der Waals surface area contributed by atoms with Crippen LogP contribution in [0, 0.1) is 6.92 Å². The Kier molecular flexibility index (Phi) is 3.77. The van der Waals surface area contributed by atoms with Crippen molar-refractivity contribution in [3.63, 3.8) is 0 Å². The Balaban J connectivity index is 2.41. The minimum atomic E-state index is 0.186. The Morgan fingerprint density at radius 3 is 2.67 bits per heavy atom. The minimum Gasteiger partial charge on any atom is -0.437 e. The van der Waals surface area contributed by atoms with Crippen molar-refractivity contribution in [2.24, 2.45) is 0 Å². The number of rotatable bonds is 3. The minimum absolute atomic E-state index is 0.186. The number of nitrogens with zero attached hydrogens (tertiary/aromatic N) is 3. The number of hydrogen-bond acceptors (Lipinski definition) is 4. The lowest BCUT2D eigenvalue weighted by molar-refractivity contribution is 0.445. The van der Waals surface area contributed by atoms with E-state index in [0.717, 1.165) is 11.3 Å². The topological polar surface area (TPSA) is 47.9 Å². The number of halogens is 1. The van der Waals surface area contributed by atoms with Crippen LogP contribution in [0.2, 0.25) is 5.15 Å². The van der Waals surface area contributed by atoms with E-state index in [0.29, 0.717) is 16.8 Å². The summed E-state index contributed by atoms with van der Waals surface area (Å²) < 4.78 is 5.78. The van der Waals surface area contributed by atoms with Crippen molar-refractivity contribution in [2.45, 2.75) is 26.7 Å². The molecule has 0 N–H and O–H groups in total. The van der Waals surface area contributed by atoms with Crippen molar-refractivity contribution in [3.05, 3.63) is 41.1 Å². The zero-order chi connectivity index (χ0) is 13.1. The quantitative estimate of drug-likeness (QED) is 0.792. The molecule has 0 saturated heterocycles. The van der Waals surface area contributed by atoms with Gasteiger partial charge in [-0.1, -0.05) is 25.4 Å². The average Bonchev–Trinajstić information content (AvgIpc) is 2.31. The van der Waals surface area contributed by atoms with Crippen molar-refractivity contribution < 1.29 is 4.74 Å². The van der Waals surface area contributed by atoms with Gasteiger partial charge in [0.1, 0.15) is 11.5 Å². The largest absolute Gasteiger partial charge is 0.437 e. The summed E-state index contributed by atoms with van der Waals surface area (Å²) in [6.45, 7) is 5.92. The Labute approximate surface area is 111 Å². The first kappa shape index (κ1) is 12.8. The van der Waals surface area contributed by atoms with Crippen LogP contribution in [0.5, 0.6) is 11.6 Å². The summed E-state index contributed by atoms with van der Waals surface area (Å²) in [4.78, 5) is 12.3. The molecule has 0 unspecified atom stereocenters. The van der Waals surface area contributed by atoms with Gasteiger partial charge in [0.2, 0.25) is 5.88 Å². The molecule has 0 spiro atoms. The van der Waals surface area contributed by atoms with Crippen LogP contribution in [0.4, 0.5) is 0 Å². The van der Waals surface area contributed by atoms with Crippen molar-refractivity contribution in [3.8, 4) is 11.6 Å². The summed E-state index contributed by atoms with van der Waals surface area (Å²) >= 11 is 6.08. The Bertz CT molecular complexity index is 558. The van der Waals surface area contributed by atoms with Gasteiger partial charge < -0.3 is 4.74 Å². The van der Waals surface area contributed by atoms with Crippen LogP contribution < -0.4 is 4.74 Å². The van der Waals surface area contributed by atoms with Gasteiger partial charge in [-0.05, 0) is 25.0 Å². The summed E-state index contributed by atoms with van der Waals surface area (Å²) in [7, 11) is 0. The molecule has 0 aromatic carbocycles. The lowest BCUT2D eigenvalue weighted by Gasteiger charge is -2.13. The summed E-state index contributed by atoms with van der Waals surface area (Å²) in [6.07, 6.45) is 3.12. The highest BCUT2D eigenvalue weighted by Crippen LogP contribution is 2.33. The van der Waals surface area contributed by atoms with Gasteiger partial charge in [0.15, 0.2) is 5.75 Å². The van der Waals surface area contributed by atoms with Crippen LogP contribution in [0.3, 0.4) is 0 Å². The molecule has 0 amide bonds. The maximum Gasteiger partial charge on any atom is 0.227 e. The van der Waals surface area contributed by atoms with E-state index in [2.05, 4.69) is 15.0 Å². The predicted octanol–water partition coefficient (Wildman–Crippen LogP) is 3.75.